The van der Waals surface area contributed by atoms with Crippen LogP contribution in [-0.4, -0.2) is 31.4 Å². The van der Waals surface area contributed by atoms with Crippen molar-refractivity contribution in [3.63, 3.8) is 0 Å². The van der Waals surface area contributed by atoms with Gasteiger partial charge in [0, 0.05) is 24.1 Å². The molecule has 2 heterocycles. The van der Waals surface area contributed by atoms with Crippen LogP contribution in [0.1, 0.15) is 5.56 Å². The third kappa shape index (κ3) is 4.98. The predicted molar refractivity (Wildman–Crippen MR) is 95.0 cm³/mol. The average Bonchev–Trinajstić information content (AvgIpc) is 3.16. The Morgan fingerprint density at radius 1 is 1.26 bits per heavy atom. The summed E-state index contributed by atoms with van der Waals surface area (Å²) in [6.45, 7) is 0. The number of nitrogens with one attached hydrogen (secondary N) is 1. The first-order valence-corrected chi connectivity index (χ1v) is 8.81. The third-order valence-corrected chi connectivity index (χ3v) is 4.53. The molecule has 0 saturated carbocycles. The summed E-state index contributed by atoms with van der Waals surface area (Å²) in [5, 5.41) is 6.56. The van der Waals surface area contributed by atoms with E-state index in [4.69, 9.17) is 11.6 Å². The van der Waals surface area contributed by atoms with E-state index < -0.39 is 22.7 Å². The van der Waals surface area contributed by atoms with E-state index in [1.54, 1.807) is 24.5 Å². The summed E-state index contributed by atoms with van der Waals surface area (Å²) in [5.74, 6) is 0.0135. The smallest absolute Gasteiger partial charge is 0.325 e. The molecule has 0 bridgehead atoms. The van der Waals surface area contributed by atoms with Gasteiger partial charge in [-0.05, 0) is 24.3 Å². The SMILES string of the molecule is O=C(CSc1cc(-n2cccn2)ncn1)Nc1ccc(Cl)c(C(F)(F)F)c1. The molecule has 6 nitrogen and oxygen atoms in total. The quantitative estimate of drug-likeness (QED) is 0.504. The summed E-state index contributed by atoms with van der Waals surface area (Å²) in [5.41, 5.74) is -0.994. The molecule has 11 heteroatoms. The van der Waals surface area contributed by atoms with E-state index in [9.17, 15) is 18.0 Å². The van der Waals surface area contributed by atoms with E-state index in [0.717, 1.165) is 23.9 Å². The minimum absolute atomic E-state index is 0.0113. The molecule has 0 spiro atoms. The number of halogens is 4. The van der Waals surface area contributed by atoms with Gasteiger partial charge in [-0.25, -0.2) is 14.6 Å². The normalized spacial score (nSPS) is 11.4. The number of hydrogen-bond acceptors (Lipinski definition) is 5. The predicted octanol–water partition coefficient (Wildman–Crippen LogP) is 4.07. The van der Waals surface area contributed by atoms with Crippen LogP contribution in [0.2, 0.25) is 5.02 Å². The summed E-state index contributed by atoms with van der Waals surface area (Å²) in [7, 11) is 0. The van der Waals surface area contributed by atoms with Crippen LogP contribution >= 0.6 is 23.4 Å². The molecule has 140 valence electrons. The van der Waals surface area contributed by atoms with E-state index >= 15 is 0 Å². The molecule has 1 N–H and O–H groups in total. The fourth-order valence-electron chi connectivity index (χ4n) is 2.10. The number of alkyl halides is 3. The molecule has 3 aromatic rings. The number of hydrogen-bond donors (Lipinski definition) is 1. The molecule has 0 fully saturated rings. The second kappa shape index (κ2) is 7.97. The van der Waals surface area contributed by atoms with Crippen LogP contribution in [0.15, 0.2) is 54.1 Å². The van der Waals surface area contributed by atoms with Gasteiger partial charge < -0.3 is 5.32 Å². The van der Waals surface area contributed by atoms with Crippen molar-refractivity contribution in [3.05, 3.63) is 59.6 Å². The van der Waals surface area contributed by atoms with Crippen LogP contribution in [0, 0.1) is 0 Å². The highest BCUT2D eigenvalue weighted by Gasteiger charge is 2.33. The lowest BCUT2D eigenvalue weighted by atomic mass is 10.2. The lowest BCUT2D eigenvalue weighted by Crippen LogP contribution is -2.15. The third-order valence-electron chi connectivity index (χ3n) is 3.27. The Kier molecular flexibility index (Phi) is 5.66. The molecule has 0 aliphatic rings. The molecule has 3 rings (SSSR count). The minimum atomic E-state index is -4.60. The van der Waals surface area contributed by atoms with Crippen LogP contribution in [0.4, 0.5) is 18.9 Å². The van der Waals surface area contributed by atoms with Crippen LogP contribution < -0.4 is 5.32 Å². The topological polar surface area (TPSA) is 72.7 Å². The fourth-order valence-corrected chi connectivity index (χ4v) is 2.98. The second-order valence-corrected chi connectivity index (χ2v) is 6.60. The standard InChI is InChI=1S/C16H11ClF3N5OS/c17-12-3-2-10(6-11(12)16(18,19)20)24-14(26)8-27-15-7-13(21-9-22-15)25-5-1-4-23-25/h1-7,9H,8H2,(H,24,26). The molecule has 0 aliphatic carbocycles. The molecule has 27 heavy (non-hydrogen) atoms. The summed E-state index contributed by atoms with van der Waals surface area (Å²) >= 11 is 6.68. The van der Waals surface area contributed by atoms with Gasteiger partial charge in [0.1, 0.15) is 11.4 Å². The first-order valence-electron chi connectivity index (χ1n) is 7.44. The fraction of sp³-hybridized carbons (Fsp3) is 0.125. The van der Waals surface area contributed by atoms with Crippen molar-refractivity contribution >= 4 is 35.0 Å². The number of thioether (sulfide) groups is 1. The molecule has 0 radical (unpaired) electrons. The van der Waals surface area contributed by atoms with E-state index in [1.165, 1.54) is 17.1 Å². The number of nitrogens with zero attached hydrogens (tertiary/aromatic N) is 4. The molecule has 1 aromatic carbocycles. The van der Waals surface area contributed by atoms with E-state index in [1.807, 2.05) is 0 Å². The monoisotopic (exact) mass is 413 g/mol. The van der Waals surface area contributed by atoms with Crippen LogP contribution in [0.25, 0.3) is 5.82 Å². The molecular formula is C16H11ClF3N5OS. The lowest BCUT2D eigenvalue weighted by Gasteiger charge is -2.11. The summed E-state index contributed by atoms with van der Waals surface area (Å²) in [6, 6.07) is 6.58. The van der Waals surface area contributed by atoms with Crippen molar-refractivity contribution < 1.29 is 18.0 Å². The molecule has 0 unspecified atom stereocenters. The van der Waals surface area contributed by atoms with Crippen molar-refractivity contribution in [1.29, 1.82) is 0 Å². The molecule has 0 atom stereocenters. The number of rotatable bonds is 5. The molecule has 1 amide bonds. The summed E-state index contributed by atoms with van der Waals surface area (Å²) < 4.78 is 40.1. The highest BCUT2D eigenvalue weighted by atomic mass is 35.5. The zero-order chi connectivity index (χ0) is 19.4. The molecule has 0 saturated heterocycles. The Morgan fingerprint density at radius 2 is 2.07 bits per heavy atom. The van der Waals surface area contributed by atoms with Gasteiger partial charge in [-0.3, -0.25) is 4.79 Å². The van der Waals surface area contributed by atoms with Crippen molar-refractivity contribution in [2.75, 3.05) is 11.1 Å². The van der Waals surface area contributed by atoms with Crippen molar-refractivity contribution in [3.8, 4) is 5.82 Å². The van der Waals surface area contributed by atoms with Gasteiger partial charge in [-0.1, -0.05) is 23.4 Å². The van der Waals surface area contributed by atoms with Gasteiger partial charge in [0.25, 0.3) is 0 Å². The highest BCUT2D eigenvalue weighted by Crippen LogP contribution is 2.36. The molecular weight excluding hydrogens is 403 g/mol. The maximum absolute atomic E-state index is 12.9. The minimum Gasteiger partial charge on any atom is -0.325 e. The van der Waals surface area contributed by atoms with Crippen molar-refractivity contribution in [2.24, 2.45) is 0 Å². The van der Waals surface area contributed by atoms with Gasteiger partial charge >= 0.3 is 6.18 Å². The number of anilines is 1. The Labute approximate surface area is 160 Å². The largest absolute Gasteiger partial charge is 0.417 e. The Morgan fingerprint density at radius 3 is 2.78 bits per heavy atom. The Balaban J connectivity index is 1.63. The number of amides is 1. The zero-order valence-electron chi connectivity index (χ0n) is 13.4. The van der Waals surface area contributed by atoms with Gasteiger partial charge in [0.2, 0.25) is 5.91 Å². The van der Waals surface area contributed by atoms with Gasteiger partial charge in [0.15, 0.2) is 5.82 Å². The van der Waals surface area contributed by atoms with E-state index in [2.05, 4.69) is 20.4 Å². The maximum Gasteiger partial charge on any atom is 0.417 e. The summed E-state index contributed by atoms with van der Waals surface area (Å²) in [4.78, 5) is 20.2. The van der Waals surface area contributed by atoms with Gasteiger partial charge in [-0.15, -0.1) is 0 Å². The first kappa shape index (κ1) is 19.2. The number of carbonyl (C=O) groups excluding carboxylic acids is 1. The molecule has 0 aliphatic heterocycles. The van der Waals surface area contributed by atoms with Crippen LogP contribution in [-0.2, 0) is 11.0 Å². The maximum atomic E-state index is 12.9. The lowest BCUT2D eigenvalue weighted by molar-refractivity contribution is -0.137. The van der Waals surface area contributed by atoms with E-state index in [-0.39, 0.29) is 11.4 Å². The zero-order valence-corrected chi connectivity index (χ0v) is 15.0. The number of benzene rings is 1. The number of aromatic nitrogens is 4. The van der Waals surface area contributed by atoms with Gasteiger partial charge in [0.05, 0.1) is 16.3 Å². The number of carbonyl (C=O) groups is 1. The van der Waals surface area contributed by atoms with Crippen molar-refractivity contribution in [1.82, 2.24) is 19.7 Å². The Hall–Kier alpha value is -2.59. The summed E-state index contributed by atoms with van der Waals surface area (Å²) in [6.07, 6.45) is 0.0500. The highest BCUT2D eigenvalue weighted by molar-refractivity contribution is 7.99. The van der Waals surface area contributed by atoms with Crippen molar-refractivity contribution in [2.45, 2.75) is 11.2 Å². The molecule has 2 aromatic heterocycles. The van der Waals surface area contributed by atoms with Crippen LogP contribution in [0.3, 0.4) is 0 Å². The van der Waals surface area contributed by atoms with Gasteiger partial charge in [-0.2, -0.15) is 18.3 Å². The second-order valence-electron chi connectivity index (χ2n) is 5.19. The van der Waals surface area contributed by atoms with Crippen LogP contribution in [0.5, 0.6) is 0 Å². The Bertz CT molecular complexity index is 949. The van der Waals surface area contributed by atoms with E-state index in [0.29, 0.717) is 10.8 Å². The first-order chi connectivity index (χ1) is 12.8. The average molecular weight is 414 g/mol.